The molecule has 0 unspecified atom stereocenters. The number of rotatable bonds is 5. The minimum atomic E-state index is -0.0737. The van der Waals surface area contributed by atoms with Crippen LogP contribution in [0.1, 0.15) is 38.8 Å². The van der Waals surface area contributed by atoms with E-state index in [-0.39, 0.29) is 5.41 Å². The molecule has 7 aromatic carbocycles. The van der Waals surface area contributed by atoms with E-state index in [0.717, 1.165) is 17.1 Å². The summed E-state index contributed by atoms with van der Waals surface area (Å²) in [4.78, 5) is 5.94. The van der Waals surface area contributed by atoms with Crippen molar-refractivity contribution in [3.63, 3.8) is 0 Å². The van der Waals surface area contributed by atoms with E-state index in [9.17, 15) is 0 Å². The third-order valence-electron chi connectivity index (χ3n) is 10.0. The topological polar surface area (TPSA) is 19.0 Å². The van der Waals surface area contributed by atoms with Crippen LogP contribution in [0.2, 0.25) is 0 Å². The molecule has 8 aromatic rings. The SMILES string of the molecule is CC.CC1(C)c2ccccc2-c2ccc(N(c3ccc(-c4ccccc4)cc3)c3ccc(-c4ccc5[nH]c6ccccc6c5c4)cc3)cc21. The van der Waals surface area contributed by atoms with Crippen LogP contribution < -0.4 is 4.90 Å². The van der Waals surface area contributed by atoms with Gasteiger partial charge >= 0.3 is 0 Å². The first-order valence-corrected chi connectivity index (χ1v) is 17.4. The molecule has 238 valence electrons. The van der Waals surface area contributed by atoms with Crippen molar-refractivity contribution in [1.29, 1.82) is 0 Å². The summed E-state index contributed by atoms with van der Waals surface area (Å²) in [6.45, 7) is 8.69. The summed E-state index contributed by atoms with van der Waals surface area (Å²) in [6, 6.07) is 59.6. The van der Waals surface area contributed by atoms with Gasteiger partial charge in [-0.25, -0.2) is 0 Å². The first-order valence-electron chi connectivity index (χ1n) is 17.4. The number of para-hydroxylation sites is 1. The summed E-state index contributed by atoms with van der Waals surface area (Å²) < 4.78 is 0. The highest BCUT2D eigenvalue weighted by molar-refractivity contribution is 6.08. The quantitative estimate of drug-likeness (QED) is 0.200. The lowest BCUT2D eigenvalue weighted by molar-refractivity contribution is 0.660. The number of aromatic nitrogens is 1. The molecule has 0 atom stereocenters. The molecule has 1 aliphatic rings. The normalized spacial score (nSPS) is 12.7. The molecule has 2 heteroatoms. The standard InChI is InChI=1S/C45H34N2.C2H6/c1-45(2)41-14-8-6-12-37(41)38-26-25-36(29-42(38)45)47(34-21-16-31(17-22-34)30-10-4-3-5-11-30)35-23-18-32(19-24-35)33-20-27-44-40(28-33)39-13-7-9-15-43(39)46-44;1-2/h3-29,46H,1-2H3;1-2H3. The maximum Gasteiger partial charge on any atom is 0.0465 e. The van der Waals surface area contributed by atoms with Crippen molar-refractivity contribution in [1.82, 2.24) is 4.98 Å². The van der Waals surface area contributed by atoms with Gasteiger partial charge in [0.2, 0.25) is 0 Å². The summed E-state index contributed by atoms with van der Waals surface area (Å²) in [5, 5.41) is 2.51. The van der Waals surface area contributed by atoms with Crippen LogP contribution >= 0.6 is 0 Å². The van der Waals surface area contributed by atoms with Crippen molar-refractivity contribution in [2.75, 3.05) is 4.90 Å². The number of H-pyrrole nitrogens is 1. The molecule has 1 heterocycles. The van der Waals surface area contributed by atoms with Crippen LogP contribution in [0.4, 0.5) is 17.1 Å². The Kier molecular flexibility index (Phi) is 7.65. The smallest absolute Gasteiger partial charge is 0.0465 e. The van der Waals surface area contributed by atoms with Gasteiger partial charge in [-0.05, 0) is 99.1 Å². The van der Waals surface area contributed by atoms with Crippen LogP contribution in [0.25, 0.3) is 55.2 Å². The molecule has 2 nitrogen and oxygen atoms in total. The molecular weight excluding hydrogens is 593 g/mol. The average molecular weight is 633 g/mol. The van der Waals surface area contributed by atoms with E-state index >= 15 is 0 Å². The van der Waals surface area contributed by atoms with Crippen LogP contribution in [0.3, 0.4) is 0 Å². The molecule has 9 rings (SSSR count). The fourth-order valence-corrected chi connectivity index (χ4v) is 7.54. The number of benzene rings is 7. The van der Waals surface area contributed by atoms with Crippen molar-refractivity contribution >= 4 is 38.9 Å². The molecule has 1 aromatic heterocycles. The van der Waals surface area contributed by atoms with Crippen LogP contribution in [0.15, 0.2) is 164 Å². The number of aromatic amines is 1. The zero-order chi connectivity index (χ0) is 33.5. The molecule has 0 saturated heterocycles. The Morgan fingerprint density at radius 1 is 0.408 bits per heavy atom. The van der Waals surface area contributed by atoms with Crippen molar-refractivity contribution in [3.8, 4) is 33.4 Å². The number of anilines is 3. The molecule has 49 heavy (non-hydrogen) atoms. The van der Waals surface area contributed by atoms with Crippen LogP contribution in [-0.4, -0.2) is 4.98 Å². The van der Waals surface area contributed by atoms with Gasteiger partial charge in [0.1, 0.15) is 0 Å². The zero-order valence-corrected chi connectivity index (χ0v) is 28.5. The van der Waals surface area contributed by atoms with Crippen LogP contribution in [-0.2, 0) is 5.41 Å². The highest BCUT2D eigenvalue weighted by Gasteiger charge is 2.35. The van der Waals surface area contributed by atoms with E-state index < -0.39 is 0 Å². The van der Waals surface area contributed by atoms with Gasteiger partial charge in [-0.3, -0.25) is 0 Å². The Labute approximate surface area is 289 Å². The fourth-order valence-electron chi connectivity index (χ4n) is 7.54. The molecule has 0 bridgehead atoms. The van der Waals surface area contributed by atoms with Crippen molar-refractivity contribution in [3.05, 3.63) is 175 Å². The maximum absolute atomic E-state index is 3.55. The zero-order valence-electron chi connectivity index (χ0n) is 28.5. The van der Waals surface area contributed by atoms with Gasteiger partial charge in [0, 0.05) is 44.3 Å². The van der Waals surface area contributed by atoms with Gasteiger partial charge in [0.15, 0.2) is 0 Å². The Morgan fingerprint density at radius 3 is 1.67 bits per heavy atom. The third-order valence-corrected chi connectivity index (χ3v) is 10.0. The Morgan fingerprint density at radius 2 is 0.939 bits per heavy atom. The minimum Gasteiger partial charge on any atom is -0.355 e. The van der Waals surface area contributed by atoms with E-state index in [2.05, 4.69) is 188 Å². The molecule has 0 spiro atoms. The first kappa shape index (κ1) is 30.5. The van der Waals surface area contributed by atoms with E-state index in [1.165, 1.54) is 66.3 Å². The molecule has 0 saturated carbocycles. The summed E-state index contributed by atoms with van der Waals surface area (Å²) in [5.74, 6) is 0. The second-order valence-electron chi connectivity index (χ2n) is 13.1. The molecule has 0 amide bonds. The summed E-state index contributed by atoms with van der Waals surface area (Å²) in [7, 11) is 0. The predicted molar refractivity (Wildman–Crippen MR) is 210 cm³/mol. The summed E-state index contributed by atoms with van der Waals surface area (Å²) in [6.07, 6.45) is 0. The average Bonchev–Trinajstić information content (AvgIpc) is 3.65. The van der Waals surface area contributed by atoms with Crippen molar-refractivity contribution in [2.45, 2.75) is 33.1 Å². The molecule has 1 aliphatic carbocycles. The van der Waals surface area contributed by atoms with Crippen molar-refractivity contribution in [2.24, 2.45) is 0 Å². The summed E-state index contributed by atoms with van der Waals surface area (Å²) >= 11 is 0. The van der Waals surface area contributed by atoms with Gasteiger partial charge in [-0.2, -0.15) is 0 Å². The highest BCUT2D eigenvalue weighted by atomic mass is 15.1. The Hall–Kier alpha value is -5.86. The van der Waals surface area contributed by atoms with E-state index in [0.29, 0.717) is 0 Å². The monoisotopic (exact) mass is 632 g/mol. The largest absolute Gasteiger partial charge is 0.355 e. The molecule has 1 N–H and O–H groups in total. The second-order valence-corrected chi connectivity index (χ2v) is 13.1. The number of nitrogens with zero attached hydrogens (tertiary/aromatic N) is 1. The lowest BCUT2D eigenvalue weighted by Gasteiger charge is -2.28. The maximum atomic E-state index is 3.55. The third kappa shape index (κ3) is 5.21. The fraction of sp³-hybridized carbons (Fsp3) is 0.106. The number of nitrogens with one attached hydrogen (secondary N) is 1. The number of fused-ring (bicyclic) bond motifs is 6. The van der Waals surface area contributed by atoms with Gasteiger partial charge in [-0.15, -0.1) is 0 Å². The lowest BCUT2D eigenvalue weighted by Crippen LogP contribution is -2.16. The van der Waals surface area contributed by atoms with E-state index in [1.54, 1.807) is 0 Å². The summed E-state index contributed by atoms with van der Waals surface area (Å²) in [5.41, 5.74) is 16.0. The van der Waals surface area contributed by atoms with E-state index in [4.69, 9.17) is 0 Å². The number of hydrogen-bond acceptors (Lipinski definition) is 1. The lowest BCUT2D eigenvalue weighted by atomic mass is 9.82. The van der Waals surface area contributed by atoms with Crippen molar-refractivity contribution < 1.29 is 0 Å². The van der Waals surface area contributed by atoms with E-state index in [1.807, 2.05) is 13.8 Å². The second kappa shape index (κ2) is 12.3. The predicted octanol–water partition coefficient (Wildman–Crippen LogP) is 13.5. The van der Waals surface area contributed by atoms with Crippen LogP contribution in [0, 0.1) is 0 Å². The minimum absolute atomic E-state index is 0.0737. The number of hydrogen-bond donors (Lipinski definition) is 1. The van der Waals surface area contributed by atoms with Gasteiger partial charge in [-0.1, -0.05) is 137 Å². The highest BCUT2D eigenvalue weighted by Crippen LogP contribution is 2.50. The van der Waals surface area contributed by atoms with Crippen LogP contribution in [0.5, 0.6) is 0 Å². The van der Waals surface area contributed by atoms with Gasteiger partial charge in [0.25, 0.3) is 0 Å². The molecule has 0 aliphatic heterocycles. The van der Waals surface area contributed by atoms with Gasteiger partial charge < -0.3 is 9.88 Å². The molecular formula is C47H40N2. The molecule has 0 radical (unpaired) electrons. The first-order chi connectivity index (χ1) is 24.0. The molecule has 0 fully saturated rings. The Bertz CT molecular complexity index is 2410. The van der Waals surface area contributed by atoms with Gasteiger partial charge in [0.05, 0.1) is 0 Å². The Balaban J connectivity index is 0.00000171.